The molecule has 0 unspecified atom stereocenters. The van der Waals surface area contributed by atoms with Gasteiger partial charge in [-0.15, -0.1) is 0 Å². The normalized spacial score (nSPS) is 8.80. The molecule has 0 aromatic heterocycles. The van der Waals surface area contributed by atoms with E-state index >= 15 is 0 Å². The van der Waals surface area contributed by atoms with E-state index < -0.39 is 0 Å². The zero-order chi connectivity index (χ0) is 7.40. The highest BCUT2D eigenvalue weighted by atomic mass is 79.9. The second-order valence-corrected chi connectivity index (χ2v) is 2.86. The molecule has 50 valence electrons. The van der Waals surface area contributed by atoms with Gasteiger partial charge < -0.3 is 4.85 Å². The molecule has 0 bridgehead atoms. The maximum atomic E-state index is 6.62. The van der Waals surface area contributed by atoms with E-state index in [4.69, 9.17) is 6.57 Å². The van der Waals surface area contributed by atoms with Gasteiger partial charge in [0.25, 0.3) is 0 Å². The molecule has 1 nitrogen and oxygen atoms in total. The number of hydrogen-bond donors (Lipinski definition) is 0. The van der Waals surface area contributed by atoms with Gasteiger partial charge in [-0.1, -0.05) is 28.1 Å². The van der Waals surface area contributed by atoms with Gasteiger partial charge in [0.1, 0.15) is 0 Å². The average molecular weight is 196 g/mol. The van der Waals surface area contributed by atoms with Crippen molar-refractivity contribution in [2.24, 2.45) is 0 Å². The average Bonchev–Trinajstić information content (AvgIpc) is 1.88. The monoisotopic (exact) mass is 195 g/mol. The van der Waals surface area contributed by atoms with Crippen LogP contribution in [0.25, 0.3) is 4.85 Å². The Kier molecular flexibility index (Phi) is 2.47. The van der Waals surface area contributed by atoms with Crippen molar-refractivity contribution >= 4 is 15.9 Å². The minimum Gasteiger partial charge on any atom is -0.312 e. The van der Waals surface area contributed by atoms with Gasteiger partial charge in [0, 0.05) is 10.0 Å². The smallest absolute Gasteiger partial charge is 0.239 e. The molecule has 1 rings (SSSR count). The Morgan fingerprint density at radius 2 is 2.30 bits per heavy atom. The molecule has 0 amide bonds. The molecule has 0 N–H and O–H groups in total. The van der Waals surface area contributed by atoms with Crippen LogP contribution in [0, 0.1) is 6.57 Å². The lowest BCUT2D eigenvalue weighted by Gasteiger charge is -1.90. The van der Waals surface area contributed by atoms with Crippen LogP contribution in [0.5, 0.6) is 0 Å². The Morgan fingerprint density at radius 3 is 2.90 bits per heavy atom. The van der Waals surface area contributed by atoms with Crippen molar-refractivity contribution in [2.75, 3.05) is 0 Å². The first-order valence-electron chi connectivity index (χ1n) is 2.90. The van der Waals surface area contributed by atoms with Crippen LogP contribution in [-0.2, 0) is 6.54 Å². The number of halogens is 1. The lowest BCUT2D eigenvalue weighted by Crippen LogP contribution is -1.76. The van der Waals surface area contributed by atoms with Crippen molar-refractivity contribution in [1.29, 1.82) is 0 Å². The van der Waals surface area contributed by atoms with Crippen LogP contribution in [0.3, 0.4) is 0 Å². The van der Waals surface area contributed by atoms with Crippen LogP contribution >= 0.6 is 15.9 Å². The summed E-state index contributed by atoms with van der Waals surface area (Å²) in [6, 6.07) is 7.79. The van der Waals surface area contributed by atoms with Crippen molar-refractivity contribution in [2.45, 2.75) is 6.54 Å². The predicted octanol–water partition coefficient (Wildman–Crippen LogP) is 2.87. The summed E-state index contributed by atoms with van der Waals surface area (Å²) in [4.78, 5) is 3.28. The molecule has 0 saturated carbocycles. The van der Waals surface area contributed by atoms with Crippen LogP contribution in [0.1, 0.15) is 5.56 Å². The number of nitrogens with zero attached hydrogens (tertiary/aromatic N) is 1. The number of rotatable bonds is 1. The summed E-state index contributed by atoms with van der Waals surface area (Å²) in [7, 11) is 0. The van der Waals surface area contributed by atoms with Gasteiger partial charge in [-0.3, -0.25) is 0 Å². The largest absolute Gasteiger partial charge is 0.312 e. The van der Waals surface area contributed by atoms with Crippen LogP contribution in [0.4, 0.5) is 0 Å². The molecular formula is C8H6BrN. The highest BCUT2D eigenvalue weighted by Gasteiger charge is 1.93. The summed E-state index contributed by atoms with van der Waals surface area (Å²) in [5, 5.41) is 0. The van der Waals surface area contributed by atoms with E-state index in [0.29, 0.717) is 6.54 Å². The third kappa shape index (κ3) is 1.85. The maximum Gasteiger partial charge on any atom is 0.239 e. The molecule has 0 radical (unpaired) electrons. The fourth-order valence-electron chi connectivity index (χ4n) is 0.727. The molecule has 0 heterocycles. The summed E-state index contributed by atoms with van der Waals surface area (Å²) in [5.74, 6) is 0. The van der Waals surface area contributed by atoms with Crippen molar-refractivity contribution in [3.05, 3.63) is 45.7 Å². The number of hydrogen-bond acceptors (Lipinski definition) is 0. The molecule has 0 spiro atoms. The van der Waals surface area contributed by atoms with Gasteiger partial charge >= 0.3 is 0 Å². The first-order valence-corrected chi connectivity index (χ1v) is 3.70. The second-order valence-electron chi connectivity index (χ2n) is 1.95. The summed E-state index contributed by atoms with van der Waals surface area (Å²) in [5.41, 5.74) is 1.06. The van der Waals surface area contributed by atoms with Gasteiger partial charge in [-0.05, 0) is 12.1 Å². The number of benzene rings is 1. The molecule has 0 aliphatic rings. The van der Waals surface area contributed by atoms with Gasteiger partial charge in [0.15, 0.2) is 0 Å². The highest BCUT2D eigenvalue weighted by molar-refractivity contribution is 9.10. The second kappa shape index (κ2) is 3.38. The SMILES string of the molecule is [C-]#[N+]Cc1cccc(Br)c1. The Balaban J connectivity index is 2.87. The van der Waals surface area contributed by atoms with E-state index in [2.05, 4.69) is 20.8 Å². The van der Waals surface area contributed by atoms with Gasteiger partial charge in [-0.25, -0.2) is 6.57 Å². The van der Waals surface area contributed by atoms with Gasteiger partial charge in [-0.2, -0.15) is 0 Å². The Labute approximate surface area is 68.6 Å². The molecule has 0 aliphatic carbocycles. The van der Waals surface area contributed by atoms with Gasteiger partial charge in [0.2, 0.25) is 6.54 Å². The molecule has 0 atom stereocenters. The van der Waals surface area contributed by atoms with E-state index in [1.165, 1.54) is 0 Å². The topological polar surface area (TPSA) is 4.36 Å². The molecule has 2 heteroatoms. The molecule has 10 heavy (non-hydrogen) atoms. The van der Waals surface area contributed by atoms with Crippen LogP contribution in [-0.4, -0.2) is 0 Å². The van der Waals surface area contributed by atoms with E-state index in [9.17, 15) is 0 Å². The molecule has 1 aromatic carbocycles. The van der Waals surface area contributed by atoms with Gasteiger partial charge in [0.05, 0.1) is 0 Å². The van der Waals surface area contributed by atoms with E-state index in [1.54, 1.807) is 0 Å². The Morgan fingerprint density at radius 1 is 1.50 bits per heavy atom. The highest BCUT2D eigenvalue weighted by Crippen LogP contribution is 2.11. The minimum atomic E-state index is 0.472. The quantitative estimate of drug-likeness (QED) is 0.608. The molecule has 0 fully saturated rings. The summed E-state index contributed by atoms with van der Waals surface area (Å²) >= 11 is 3.33. The fraction of sp³-hybridized carbons (Fsp3) is 0.125. The lowest BCUT2D eigenvalue weighted by atomic mass is 10.2. The van der Waals surface area contributed by atoms with Crippen molar-refractivity contribution in [3.8, 4) is 0 Å². The lowest BCUT2D eigenvalue weighted by molar-refractivity contribution is 1.26. The van der Waals surface area contributed by atoms with Crippen molar-refractivity contribution in [1.82, 2.24) is 0 Å². The molecular weight excluding hydrogens is 190 g/mol. The summed E-state index contributed by atoms with van der Waals surface area (Å²) in [6.45, 7) is 7.09. The minimum absolute atomic E-state index is 0.472. The molecule has 1 aromatic rings. The molecule has 0 saturated heterocycles. The van der Waals surface area contributed by atoms with Crippen molar-refractivity contribution < 1.29 is 0 Å². The standard InChI is InChI=1S/C8H6BrN/c1-10-6-7-3-2-4-8(9)5-7/h2-5H,6H2. The Bertz CT molecular complexity index is 262. The zero-order valence-electron chi connectivity index (χ0n) is 5.34. The third-order valence-corrected chi connectivity index (χ3v) is 1.64. The summed E-state index contributed by atoms with van der Waals surface area (Å²) < 4.78 is 1.04. The van der Waals surface area contributed by atoms with E-state index in [1.807, 2.05) is 24.3 Å². The van der Waals surface area contributed by atoms with Crippen LogP contribution < -0.4 is 0 Å². The maximum absolute atomic E-state index is 6.62. The third-order valence-electron chi connectivity index (χ3n) is 1.15. The van der Waals surface area contributed by atoms with Crippen molar-refractivity contribution in [3.63, 3.8) is 0 Å². The van der Waals surface area contributed by atoms with E-state index in [0.717, 1.165) is 10.0 Å². The fourth-order valence-corrected chi connectivity index (χ4v) is 1.17. The predicted molar refractivity (Wildman–Crippen MR) is 44.4 cm³/mol. The molecule has 0 aliphatic heterocycles. The van der Waals surface area contributed by atoms with Crippen LogP contribution in [0.2, 0.25) is 0 Å². The van der Waals surface area contributed by atoms with Crippen LogP contribution in [0.15, 0.2) is 28.7 Å². The van der Waals surface area contributed by atoms with E-state index in [-0.39, 0.29) is 0 Å². The first-order chi connectivity index (χ1) is 4.83. The Hall–Kier alpha value is -0.810. The first kappa shape index (κ1) is 7.30. The zero-order valence-corrected chi connectivity index (χ0v) is 6.93. The summed E-state index contributed by atoms with van der Waals surface area (Å²) in [6.07, 6.45) is 0.